The van der Waals surface area contributed by atoms with E-state index < -0.39 is 5.82 Å². The van der Waals surface area contributed by atoms with Gasteiger partial charge in [0.1, 0.15) is 5.82 Å². The Hall–Kier alpha value is -1.99. The third-order valence-corrected chi connectivity index (χ3v) is 5.03. The topological polar surface area (TPSA) is 64.7 Å². The van der Waals surface area contributed by atoms with Gasteiger partial charge >= 0.3 is 0 Å². The highest BCUT2D eigenvalue weighted by molar-refractivity contribution is 5.94. The van der Waals surface area contributed by atoms with E-state index in [-0.39, 0.29) is 23.5 Å². The maximum absolute atomic E-state index is 13.9. The number of piperazine rings is 1. The fraction of sp³-hybridized carbons (Fsp3) is 0.579. The van der Waals surface area contributed by atoms with E-state index in [0.29, 0.717) is 25.7 Å². The van der Waals surface area contributed by atoms with E-state index in [4.69, 9.17) is 0 Å². The predicted octanol–water partition coefficient (Wildman–Crippen LogP) is 1.36. The second kappa shape index (κ2) is 8.14. The van der Waals surface area contributed by atoms with Crippen molar-refractivity contribution in [3.8, 4) is 0 Å². The molecule has 3 rings (SSSR count). The van der Waals surface area contributed by atoms with Crippen LogP contribution in [0.1, 0.15) is 25.3 Å². The SMILES string of the molecule is Cc1ccc(NC(=O)C(C)N2CCN(CC(=O)NC3CC3)CC2)c(F)c1. The van der Waals surface area contributed by atoms with Gasteiger partial charge in [0.2, 0.25) is 11.8 Å². The molecule has 142 valence electrons. The van der Waals surface area contributed by atoms with Crippen molar-refractivity contribution in [2.24, 2.45) is 0 Å². The van der Waals surface area contributed by atoms with Crippen LogP contribution in [0.4, 0.5) is 10.1 Å². The van der Waals surface area contributed by atoms with Crippen LogP contribution in [0.2, 0.25) is 0 Å². The van der Waals surface area contributed by atoms with Crippen LogP contribution < -0.4 is 10.6 Å². The minimum Gasteiger partial charge on any atom is -0.352 e. The van der Waals surface area contributed by atoms with Crippen molar-refractivity contribution in [2.75, 3.05) is 38.0 Å². The highest BCUT2D eigenvalue weighted by Gasteiger charge is 2.28. The summed E-state index contributed by atoms with van der Waals surface area (Å²) in [7, 11) is 0. The summed E-state index contributed by atoms with van der Waals surface area (Å²) in [5.41, 5.74) is 1.03. The van der Waals surface area contributed by atoms with Gasteiger partial charge < -0.3 is 10.6 Å². The van der Waals surface area contributed by atoms with Gasteiger partial charge in [-0.25, -0.2) is 4.39 Å². The highest BCUT2D eigenvalue weighted by atomic mass is 19.1. The van der Waals surface area contributed by atoms with Gasteiger partial charge in [-0.15, -0.1) is 0 Å². The third kappa shape index (κ3) is 5.02. The smallest absolute Gasteiger partial charge is 0.241 e. The molecule has 2 aliphatic rings. The Bertz CT molecular complexity index is 670. The van der Waals surface area contributed by atoms with E-state index in [1.807, 2.05) is 13.8 Å². The van der Waals surface area contributed by atoms with Crippen LogP contribution in [0.15, 0.2) is 18.2 Å². The van der Waals surface area contributed by atoms with Crippen LogP contribution >= 0.6 is 0 Å². The zero-order valence-electron chi connectivity index (χ0n) is 15.4. The van der Waals surface area contributed by atoms with Crippen molar-refractivity contribution in [1.29, 1.82) is 0 Å². The van der Waals surface area contributed by atoms with Gasteiger partial charge in [0, 0.05) is 32.2 Å². The Kier molecular flexibility index (Phi) is 5.88. The Morgan fingerprint density at radius 3 is 2.54 bits per heavy atom. The number of hydrogen-bond acceptors (Lipinski definition) is 4. The summed E-state index contributed by atoms with van der Waals surface area (Å²) in [5.74, 6) is -0.550. The molecule has 2 N–H and O–H groups in total. The third-order valence-electron chi connectivity index (χ3n) is 5.03. The fourth-order valence-electron chi connectivity index (χ4n) is 3.14. The first-order valence-corrected chi connectivity index (χ1v) is 9.25. The zero-order valence-corrected chi connectivity index (χ0v) is 15.4. The van der Waals surface area contributed by atoms with Crippen molar-refractivity contribution in [1.82, 2.24) is 15.1 Å². The lowest BCUT2D eigenvalue weighted by molar-refractivity contribution is -0.124. The van der Waals surface area contributed by atoms with Crippen molar-refractivity contribution in [2.45, 2.75) is 38.8 Å². The van der Waals surface area contributed by atoms with Gasteiger partial charge in [0.15, 0.2) is 0 Å². The number of benzene rings is 1. The van der Waals surface area contributed by atoms with Crippen LogP contribution in [0.3, 0.4) is 0 Å². The maximum Gasteiger partial charge on any atom is 0.241 e. The first-order chi connectivity index (χ1) is 12.4. The highest BCUT2D eigenvalue weighted by Crippen LogP contribution is 2.19. The molecule has 1 atom stereocenters. The number of halogens is 1. The lowest BCUT2D eigenvalue weighted by atomic mass is 10.2. The molecule has 1 heterocycles. The molecule has 26 heavy (non-hydrogen) atoms. The molecule has 1 unspecified atom stereocenters. The Morgan fingerprint density at radius 1 is 1.23 bits per heavy atom. The lowest BCUT2D eigenvalue weighted by Crippen LogP contribution is -2.54. The second-order valence-corrected chi connectivity index (χ2v) is 7.30. The van der Waals surface area contributed by atoms with E-state index in [9.17, 15) is 14.0 Å². The van der Waals surface area contributed by atoms with Crippen LogP contribution in [0.25, 0.3) is 0 Å². The first-order valence-electron chi connectivity index (χ1n) is 9.25. The van der Waals surface area contributed by atoms with Crippen LogP contribution in [-0.2, 0) is 9.59 Å². The number of aryl methyl sites for hydroxylation is 1. The van der Waals surface area contributed by atoms with E-state index in [1.165, 1.54) is 6.07 Å². The number of carbonyl (C=O) groups excluding carboxylic acids is 2. The second-order valence-electron chi connectivity index (χ2n) is 7.30. The molecule has 1 saturated carbocycles. The molecule has 2 amide bonds. The number of nitrogens with zero attached hydrogens (tertiary/aromatic N) is 2. The number of anilines is 1. The number of rotatable bonds is 6. The van der Waals surface area contributed by atoms with Crippen molar-refractivity contribution in [3.63, 3.8) is 0 Å². The molecule has 1 saturated heterocycles. The van der Waals surface area contributed by atoms with Crippen LogP contribution in [-0.4, -0.2) is 66.4 Å². The molecule has 1 aliphatic carbocycles. The number of amides is 2. The quantitative estimate of drug-likeness (QED) is 0.802. The van der Waals surface area contributed by atoms with Gasteiger partial charge in [-0.3, -0.25) is 19.4 Å². The normalized spacial score (nSPS) is 19.8. The van der Waals surface area contributed by atoms with E-state index in [0.717, 1.165) is 31.5 Å². The summed E-state index contributed by atoms with van der Waals surface area (Å²) < 4.78 is 13.9. The largest absolute Gasteiger partial charge is 0.352 e. The summed E-state index contributed by atoms with van der Waals surface area (Å²) in [6.45, 7) is 6.96. The van der Waals surface area contributed by atoms with Crippen molar-refractivity contribution < 1.29 is 14.0 Å². The molecule has 1 aromatic carbocycles. The van der Waals surface area contributed by atoms with Gasteiger partial charge in [-0.1, -0.05) is 6.07 Å². The Morgan fingerprint density at radius 2 is 1.92 bits per heavy atom. The zero-order chi connectivity index (χ0) is 18.7. The van der Waals surface area contributed by atoms with Crippen molar-refractivity contribution >= 4 is 17.5 Å². The maximum atomic E-state index is 13.9. The Balaban J connectivity index is 1.45. The van der Waals surface area contributed by atoms with Gasteiger partial charge in [-0.05, 0) is 44.4 Å². The van der Waals surface area contributed by atoms with Crippen molar-refractivity contribution in [3.05, 3.63) is 29.6 Å². The van der Waals surface area contributed by atoms with E-state index in [1.54, 1.807) is 12.1 Å². The van der Waals surface area contributed by atoms with E-state index in [2.05, 4.69) is 20.4 Å². The monoisotopic (exact) mass is 362 g/mol. The number of hydrogen-bond donors (Lipinski definition) is 2. The fourth-order valence-corrected chi connectivity index (χ4v) is 3.14. The average Bonchev–Trinajstić information content (AvgIpc) is 3.41. The molecule has 0 bridgehead atoms. The lowest BCUT2D eigenvalue weighted by Gasteiger charge is -2.37. The summed E-state index contributed by atoms with van der Waals surface area (Å²) in [5, 5.41) is 5.67. The molecule has 0 spiro atoms. The van der Waals surface area contributed by atoms with Gasteiger partial charge in [-0.2, -0.15) is 0 Å². The summed E-state index contributed by atoms with van der Waals surface area (Å²) >= 11 is 0. The molecule has 1 aliphatic heterocycles. The summed E-state index contributed by atoms with van der Waals surface area (Å²) in [6.07, 6.45) is 2.18. The molecule has 6 nitrogen and oxygen atoms in total. The Labute approximate surface area is 153 Å². The predicted molar refractivity (Wildman–Crippen MR) is 98.4 cm³/mol. The minimum absolute atomic E-state index is 0.0848. The first kappa shape index (κ1) is 18.8. The summed E-state index contributed by atoms with van der Waals surface area (Å²) in [6, 6.07) is 4.81. The molecule has 0 aromatic heterocycles. The minimum atomic E-state index is -0.419. The molecular weight excluding hydrogens is 335 g/mol. The molecule has 0 radical (unpaired) electrons. The van der Waals surface area contributed by atoms with Crippen LogP contribution in [0, 0.1) is 12.7 Å². The summed E-state index contributed by atoms with van der Waals surface area (Å²) in [4.78, 5) is 28.5. The van der Waals surface area contributed by atoms with Gasteiger partial charge in [0.05, 0.1) is 18.3 Å². The number of carbonyl (C=O) groups is 2. The number of nitrogens with one attached hydrogen (secondary N) is 2. The standard InChI is InChI=1S/C19H27FN4O2/c1-13-3-6-17(16(20)11-13)22-19(26)14(2)24-9-7-23(8-10-24)12-18(25)21-15-4-5-15/h3,6,11,14-15H,4-5,7-10,12H2,1-2H3,(H,21,25)(H,22,26). The molecule has 1 aromatic rings. The van der Waals surface area contributed by atoms with Gasteiger partial charge in [0.25, 0.3) is 0 Å². The molecular formula is C19H27FN4O2. The average molecular weight is 362 g/mol. The van der Waals surface area contributed by atoms with E-state index >= 15 is 0 Å². The molecule has 2 fully saturated rings. The van der Waals surface area contributed by atoms with Crippen LogP contribution in [0.5, 0.6) is 0 Å². The molecule has 7 heteroatoms.